The van der Waals surface area contributed by atoms with E-state index in [2.05, 4.69) is 26.6 Å². The molecule has 1 aliphatic heterocycles. The van der Waals surface area contributed by atoms with E-state index < -0.39 is 0 Å². The summed E-state index contributed by atoms with van der Waals surface area (Å²) >= 11 is 3.38. The van der Waals surface area contributed by atoms with Gasteiger partial charge >= 0.3 is 0 Å². The number of hydrogen-bond acceptors (Lipinski definition) is 3. The highest BCUT2D eigenvalue weighted by Crippen LogP contribution is 2.24. The number of rotatable bonds is 8. The van der Waals surface area contributed by atoms with Crippen LogP contribution in [-0.2, 0) is 9.59 Å². The summed E-state index contributed by atoms with van der Waals surface area (Å²) < 4.78 is 0.744. The van der Waals surface area contributed by atoms with E-state index in [1.54, 1.807) is 42.5 Å². The van der Waals surface area contributed by atoms with Crippen LogP contribution in [-0.4, -0.2) is 43.8 Å². The van der Waals surface area contributed by atoms with Crippen molar-refractivity contribution in [3.8, 4) is 0 Å². The number of likely N-dealkylation sites (tertiary alicyclic amines) is 1. The van der Waals surface area contributed by atoms with Gasteiger partial charge < -0.3 is 15.5 Å². The molecule has 1 heterocycles. The number of piperidine rings is 1. The van der Waals surface area contributed by atoms with Gasteiger partial charge in [0.05, 0.1) is 38.3 Å². The Morgan fingerprint density at radius 2 is 1.67 bits per heavy atom. The third-order valence-corrected chi connectivity index (χ3v) is 5.74. The molecule has 6 nitrogen and oxygen atoms in total. The summed E-state index contributed by atoms with van der Waals surface area (Å²) in [4.78, 5) is 38.8. The summed E-state index contributed by atoms with van der Waals surface area (Å²) in [5, 5.41) is 5.42. The van der Waals surface area contributed by atoms with Gasteiger partial charge in [0.25, 0.3) is 0 Å². The molecule has 2 amide bonds. The molecule has 3 rings (SSSR count). The van der Waals surface area contributed by atoms with Crippen molar-refractivity contribution in [2.45, 2.75) is 25.7 Å². The maximum atomic E-state index is 12.9. The second kappa shape index (κ2) is 11.0. The van der Waals surface area contributed by atoms with E-state index in [0.717, 1.165) is 24.1 Å². The molecule has 1 fully saturated rings. The highest BCUT2D eigenvalue weighted by molar-refractivity contribution is 9.10. The van der Waals surface area contributed by atoms with E-state index in [-0.39, 0.29) is 24.1 Å². The Hall–Kier alpha value is -2.51. The van der Waals surface area contributed by atoms with E-state index in [9.17, 15) is 14.4 Å². The van der Waals surface area contributed by atoms with E-state index in [4.69, 9.17) is 0 Å². The van der Waals surface area contributed by atoms with Crippen LogP contribution >= 0.6 is 15.9 Å². The molecule has 0 radical (unpaired) electrons. The van der Waals surface area contributed by atoms with E-state index in [1.165, 1.54) is 24.2 Å². The molecular weight excluding hydrogens is 446 g/mol. The Bertz CT molecular complexity index is 896. The number of carbonyl (C=O) groups is 3. The lowest BCUT2D eigenvalue weighted by Crippen LogP contribution is -3.12. The SMILES string of the molecule is O=C(CC[NH+]1CCCCC1)NCC(=O)Nc1ccc(Br)cc1C(=O)c1ccccc1. The average molecular weight is 473 g/mol. The van der Waals surface area contributed by atoms with Gasteiger partial charge in [0, 0.05) is 15.6 Å². The highest BCUT2D eigenvalue weighted by atomic mass is 79.9. The topological polar surface area (TPSA) is 79.7 Å². The number of nitrogens with one attached hydrogen (secondary N) is 3. The third-order valence-electron chi connectivity index (χ3n) is 5.25. The molecule has 1 saturated heterocycles. The maximum absolute atomic E-state index is 12.9. The first kappa shape index (κ1) is 22.2. The van der Waals surface area contributed by atoms with Crippen molar-refractivity contribution in [2.24, 2.45) is 0 Å². The minimum absolute atomic E-state index is 0.122. The molecule has 0 atom stereocenters. The minimum atomic E-state index is -0.363. The molecule has 3 N–H and O–H groups in total. The second-order valence-corrected chi connectivity index (χ2v) is 8.44. The van der Waals surface area contributed by atoms with Crippen molar-refractivity contribution in [2.75, 3.05) is 31.5 Å². The maximum Gasteiger partial charge on any atom is 0.243 e. The zero-order valence-electron chi connectivity index (χ0n) is 16.9. The van der Waals surface area contributed by atoms with Crippen molar-refractivity contribution >= 4 is 39.2 Å². The van der Waals surface area contributed by atoms with Gasteiger partial charge in [0.15, 0.2) is 5.78 Å². The number of quaternary nitrogens is 1. The number of hydrogen-bond donors (Lipinski definition) is 3. The number of benzene rings is 2. The molecule has 7 heteroatoms. The quantitative estimate of drug-likeness (QED) is 0.515. The van der Waals surface area contributed by atoms with Gasteiger partial charge in [-0.25, -0.2) is 0 Å². The number of anilines is 1. The van der Waals surface area contributed by atoms with Crippen LogP contribution in [0.5, 0.6) is 0 Å². The van der Waals surface area contributed by atoms with Gasteiger partial charge in [-0.15, -0.1) is 0 Å². The first-order chi connectivity index (χ1) is 14.5. The summed E-state index contributed by atoms with van der Waals surface area (Å²) in [6, 6.07) is 14.0. The van der Waals surface area contributed by atoms with Gasteiger partial charge in [-0.1, -0.05) is 46.3 Å². The highest BCUT2D eigenvalue weighted by Gasteiger charge is 2.17. The van der Waals surface area contributed by atoms with E-state index >= 15 is 0 Å². The Labute approximate surface area is 185 Å². The fourth-order valence-corrected chi connectivity index (χ4v) is 3.97. The van der Waals surface area contributed by atoms with Crippen molar-refractivity contribution in [1.29, 1.82) is 0 Å². The molecule has 0 spiro atoms. The Morgan fingerprint density at radius 1 is 0.933 bits per heavy atom. The van der Waals surface area contributed by atoms with E-state index in [1.807, 2.05) is 6.07 Å². The fraction of sp³-hybridized carbons (Fsp3) is 0.348. The van der Waals surface area contributed by atoms with Gasteiger partial charge in [0.1, 0.15) is 0 Å². The number of halogens is 1. The van der Waals surface area contributed by atoms with Gasteiger partial charge in [-0.05, 0) is 37.5 Å². The average Bonchev–Trinajstić information content (AvgIpc) is 2.78. The molecule has 0 saturated carbocycles. The number of ketones is 1. The van der Waals surface area contributed by atoms with E-state index in [0.29, 0.717) is 23.2 Å². The first-order valence-corrected chi connectivity index (χ1v) is 11.1. The summed E-state index contributed by atoms with van der Waals surface area (Å²) in [5.41, 5.74) is 1.35. The molecule has 0 unspecified atom stereocenters. The zero-order chi connectivity index (χ0) is 21.3. The minimum Gasteiger partial charge on any atom is -0.347 e. The molecule has 2 aromatic carbocycles. The van der Waals surface area contributed by atoms with Crippen molar-refractivity contribution in [3.05, 3.63) is 64.1 Å². The van der Waals surface area contributed by atoms with Crippen LogP contribution in [0.15, 0.2) is 53.0 Å². The summed E-state index contributed by atoms with van der Waals surface area (Å²) in [6.07, 6.45) is 4.13. The van der Waals surface area contributed by atoms with Crippen LogP contribution in [0, 0.1) is 0 Å². The first-order valence-electron chi connectivity index (χ1n) is 10.3. The van der Waals surface area contributed by atoms with Crippen LogP contribution < -0.4 is 15.5 Å². The van der Waals surface area contributed by atoms with Crippen LogP contribution in [0.2, 0.25) is 0 Å². The lowest BCUT2D eigenvalue weighted by atomic mass is 10.0. The second-order valence-electron chi connectivity index (χ2n) is 7.52. The normalized spacial score (nSPS) is 14.2. The van der Waals surface area contributed by atoms with Crippen LogP contribution in [0.1, 0.15) is 41.6 Å². The van der Waals surface area contributed by atoms with Crippen molar-refractivity contribution in [3.63, 3.8) is 0 Å². The van der Waals surface area contributed by atoms with Gasteiger partial charge in [0.2, 0.25) is 11.8 Å². The molecule has 2 aromatic rings. The standard InChI is InChI=1S/C23H26BrN3O3/c24-18-9-10-20(19(15-18)23(30)17-7-3-1-4-8-17)26-22(29)16-25-21(28)11-14-27-12-5-2-6-13-27/h1,3-4,7-10,15H,2,5-6,11-14,16H2,(H,25,28)(H,26,29)/p+1. The Balaban J connectivity index is 1.54. The largest absolute Gasteiger partial charge is 0.347 e. The monoisotopic (exact) mass is 472 g/mol. The molecule has 158 valence electrons. The number of amides is 2. The lowest BCUT2D eigenvalue weighted by Gasteiger charge is -2.23. The molecule has 1 aliphatic rings. The Morgan fingerprint density at radius 3 is 2.40 bits per heavy atom. The van der Waals surface area contributed by atoms with Crippen LogP contribution in [0.3, 0.4) is 0 Å². The molecule has 0 aromatic heterocycles. The lowest BCUT2D eigenvalue weighted by molar-refractivity contribution is -0.904. The molecular formula is C23H27BrN3O3+. The molecule has 0 bridgehead atoms. The van der Waals surface area contributed by atoms with Crippen molar-refractivity contribution in [1.82, 2.24) is 5.32 Å². The van der Waals surface area contributed by atoms with Crippen LogP contribution in [0.4, 0.5) is 5.69 Å². The summed E-state index contributed by atoms with van der Waals surface area (Å²) in [5.74, 6) is -0.668. The van der Waals surface area contributed by atoms with Gasteiger partial charge in [-0.3, -0.25) is 14.4 Å². The predicted molar refractivity (Wildman–Crippen MR) is 120 cm³/mol. The van der Waals surface area contributed by atoms with Crippen molar-refractivity contribution < 1.29 is 19.3 Å². The summed E-state index contributed by atoms with van der Waals surface area (Å²) in [7, 11) is 0. The smallest absolute Gasteiger partial charge is 0.243 e. The predicted octanol–water partition coefficient (Wildman–Crippen LogP) is 2.19. The molecule has 0 aliphatic carbocycles. The Kier molecular flexibility index (Phi) is 8.16. The summed E-state index contributed by atoms with van der Waals surface area (Å²) in [6.45, 7) is 2.92. The fourth-order valence-electron chi connectivity index (χ4n) is 3.61. The van der Waals surface area contributed by atoms with Crippen LogP contribution in [0.25, 0.3) is 0 Å². The third kappa shape index (κ3) is 6.50. The molecule has 30 heavy (non-hydrogen) atoms. The zero-order valence-corrected chi connectivity index (χ0v) is 18.5. The number of carbonyl (C=O) groups excluding carboxylic acids is 3. The van der Waals surface area contributed by atoms with Gasteiger partial charge in [-0.2, -0.15) is 0 Å².